The molecule has 7 nitrogen and oxygen atoms in total. The van der Waals surface area contributed by atoms with E-state index in [1.54, 1.807) is 37.3 Å². The molecule has 1 aliphatic heterocycles. The van der Waals surface area contributed by atoms with Crippen LogP contribution in [-0.2, 0) is 14.8 Å². The summed E-state index contributed by atoms with van der Waals surface area (Å²) >= 11 is 1.35. The molecule has 2 aromatic rings. The van der Waals surface area contributed by atoms with Gasteiger partial charge in [0.1, 0.15) is 0 Å². The van der Waals surface area contributed by atoms with E-state index in [-0.39, 0.29) is 17.6 Å². The third kappa shape index (κ3) is 5.99. The lowest BCUT2D eigenvalue weighted by molar-refractivity contribution is -0.127. The molecule has 0 radical (unpaired) electrons. The molecule has 1 heterocycles. The van der Waals surface area contributed by atoms with Gasteiger partial charge in [-0.05, 0) is 49.6 Å². The van der Waals surface area contributed by atoms with Crippen molar-refractivity contribution in [2.45, 2.75) is 24.7 Å². The van der Waals surface area contributed by atoms with Crippen LogP contribution < -0.4 is 10.0 Å². The van der Waals surface area contributed by atoms with E-state index < -0.39 is 10.0 Å². The van der Waals surface area contributed by atoms with E-state index in [1.165, 1.54) is 11.8 Å². The van der Waals surface area contributed by atoms with Gasteiger partial charge >= 0.3 is 0 Å². The van der Waals surface area contributed by atoms with Crippen molar-refractivity contribution < 1.29 is 18.0 Å². The van der Waals surface area contributed by atoms with Gasteiger partial charge in [0.2, 0.25) is 15.9 Å². The van der Waals surface area contributed by atoms with Gasteiger partial charge in [0.25, 0.3) is 5.91 Å². The molecule has 0 saturated carbocycles. The fourth-order valence-corrected chi connectivity index (χ4v) is 4.76. The number of rotatable bonds is 7. The summed E-state index contributed by atoms with van der Waals surface area (Å²) < 4.78 is 25.5. The Labute approximate surface area is 181 Å². The van der Waals surface area contributed by atoms with Crippen LogP contribution in [0, 0.1) is 6.92 Å². The molecule has 0 atom stereocenters. The molecule has 9 heteroatoms. The third-order valence-corrected chi connectivity index (χ3v) is 6.38. The lowest BCUT2D eigenvalue weighted by Gasteiger charge is -2.16. The summed E-state index contributed by atoms with van der Waals surface area (Å²) in [5.41, 5.74) is 2.10. The van der Waals surface area contributed by atoms with Crippen LogP contribution in [0.4, 0.5) is 11.4 Å². The largest absolute Gasteiger partial charge is 0.342 e. The predicted molar refractivity (Wildman–Crippen MR) is 121 cm³/mol. The number of nitrogens with zero attached hydrogens (tertiary/aromatic N) is 1. The Morgan fingerprint density at radius 1 is 1.10 bits per heavy atom. The molecule has 0 unspecified atom stereocenters. The van der Waals surface area contributed by atoms with Crippen molar-refractivity contribution in [2.24, 2.45) is 0 Å². The minimum atomic E-state index is -3.43. The van der Waals surface area contributed by atoms with Gasteiger partial charge in [0, 0.05) is 23.7 Å². The topological polar surface area (TPSA) is 95.6 Å². The molecule has 1 fully saturated rings. The maximum atomic E-state index is 12.9. The standard InChI is InChI=1S/C21H25N3O4S2/c1-15-9-10-16(13-18(15)23-30(2,27)28)22-21(26)17-7-3-4-8-19(17)29-14-20(25)24-11-5-6-12-24/h3-4,7-10,13,23H,5-6,11-12,14H2,1-2H3,(H,22,26). The average molecular weight is 448 g/mol. The van der Waals surface area contributed by atoms with E-state index in [0.29, 0.717) is 16.9 Å². The molecule has 0 aliphatic carbocycles. The van der Waals surface area contributed by atoms with Crippen molar-refractivity contribution in [3.8, 4) is 0 Å². The van der Waals surface area contributed by atoms with Gasteiger partial charge in [0.15, 0.2) is 0 Å². The molecule has 0 bridgehead atoms. The van der Waals surface area contributed by atoms with Crippen molar-refractivity contribution in [1.82, 2.24) is 4.90 Å². The second-order valence-corrected chi connectivity index (χ2v) is 10.00. The van der Waals surface area contributed by atoms with Crippen molar-refractivity contribution in [3.63, 3.8) is 0 Å². The summed E-state index contributed by atoms with van der Waals surface area (Å²) in [6.07, 6.45) is 3.17. The lowest BCUT2D eigenvalue weighted by atomic mass is 10.1. The highest BCUT2D eigenvalue weighted by molar-refractivity contribution is 8.00. The van der Waals surface area contributed by atoms with Gasteiger partial charge in [-0.15, -0.1) is 11.8 Å². The van der Waals surface area contributed by atoms with Gasteiger partial charge in [-0.2, -0.15) is 0 Å². The predicted octanol–water partition coefficient (Wildman–Crippen LogP) is 3.33. The summed E-state index contributed by atoms with van der Waals surface area (Å²) in [5.74, 6) is 0.0562. The van der Waals surface area contributed by atoms with Crippen molar-refractivity contribution >= 4 is 45.0 Å². The van der Waals surface area contributed by atoms with E-state index in [4.69, 9.17) is 0 Å². The first-order valence-corrected chi connectivity index (χ1v) is 12.5. The van der Waals surface area contributed by atoms with Gasteiger partial charge in [-0.3, -0.25) is 14.3 Å². The maximum absolute atomic E-state index is 12.9. The number of hydrogen-bond donors (Lipinski definition) is 2. The van der Waals surface area contributed by atoms with Crippen molar-refractivity contribution in [2.75, 3.05) is 35.1 Å². The Morgan fingerprint density at radius 3 is 2.50 bits per heavy atom. The average Bonchev–Trinajstić information content (AvgIpc) is 3.23. The van der Waals surface area contributed by atoms with Gasteiger partial charge in [-0.25, -0.2) is 8.42 Å². The molecule has 2 N–H and O–H groups in total. The minimum Gasteiger partial charge on any atom is -0.342 e. The number of carbonyl (C=O) groups is 2. The summed E-state index contributed by atoms with van der Waals surface area (Å²) in [5, 5.41) is 2.81. The number of amides is 2. The number of benzene rings is 2. The third-order valence-electron chi connectivity index (χ3n) is 4.73. The fourth-order valence-electron chi connectivity index (χ4n) is 3.19. The van der Waals surface area contributed by atoms with E-state index in [2.05, 4.69) is 10.0 Å². The van der Waals surface area contributed by atoms with E-state index in [0.717, 1.165) is 42.6 Å². The Hall–Kier alpha value is -2.52. The van der Waals surface area contributed by atoms with Crippen LogP contribution in [0.1, 0.15) is 28.8 Å². The Morgan fingerprint density at radius 2 is 1.80 bits per heavy atom. The van der Waals surface area contributed by atoms with Crippen LogP contribution in [-0.4, -0.2) is 50.2 Å². The molecule has 1 saturated heterocycles. The van der Waals surface area contributed by atoms with Crippen molar-refractivity contribution in [3.05, 3.63) is 53.6 Å². The smallest absolute Gasteiger partial charge is 0.256 e. The number of nitrogens with one attached hydrogen (secondary N) is 2. The highest BCUT2D eigenvalue weighted by atomic mass is 32.2. The zero-order valence-electron chi connectivity index (χ0n) is 17.0. The molecule has 0 aromatic heterocycles. The summed E-state index contributed by atoms with van der Waals surface area (Å²) in [4.78, 5) is 27.8. The quantitative estimate of drug-likeness (QED) is 0.635. The van der Waals surface area contributed by atoms with E-state index in [9.17, 15) is 18.0 Å². The molecule has 1 aliphatic rings. The Kier molecular flexibility index (Phi) is 7.04. The number of likely N-dealkylation sites (tertiary alicyclic amines) is 1. The summed E-state index contributed by atoms with van der Waals surface area (Å²) in [6.45, 7) is 3.39. The Balaban J connectivity index is 1.71. The fraction of sp³-hybridized carbons (Fsp3) is 0.333. The normalized spacial score (nSPS) is 13.9. The molecule has 30 heavy (non-hydrogen) atoms. The first kappa shape index (κ1) is 22.2. The number of anilines is 2. The van der Waals surface area contributed by atoms with Crippen LogP contribution >= 0.6 is 11.8 Å². The molecule has 160 valence electrons. The van der Waals surface area contributed by atoms with Crippen LogP contribution in [0.3, 0.4) is 0 Å². The zero-order valence-corrected chi connectivity index (χ0v) is 18.6. The number of carbonyl (C=O) groups excluding carboxylic acids is 2. The highest BCUT2D eigenvalue weighted by Crippen LogP contribution is 2.26. The second kappa shape index (κ2) is 9.53. The first-order chi connectivity index (χ1) is 14.2. The Bertz CT molecular complexity index is 1050. The number of sulfonamides is 1. The first-order valence-electron chi connectivity index (χ1n) is 9.62. The number of hydrogen-bond acceptors (Lipinski definition) is 5. The van der Waals surface area contributed by atoms with Gasteiger partial charge in [-0.1, -0.05) is 18.2 Å². The maximum Gasteiger partial charge on any atom is 0.256 e. The van der Waals surface area contributed by atoms with E-state index in [1.807, 2.05) is 17.0 Å². The molecular weight excluding hydrogens is 422 g/mol. The summed E-state index contributed by atoms with van der Waals surface area (Å²) in [6, 6.07) is 12.2. The highest BCUT2D eigenvalue weighted by Gasteiger charge is 2.19. The van der Waals surface area contributed by atoms with Crippen LogP contribution in [0.25, 0.3) is 0 Å². The monoisotopic (exact) mass is 447 g/mol. The molecule has 2 amide bonds. The lowest BCUT2D eigenvalue weighted by Crippen LogP contribution is -2.29. The second-order valence-electron chi connectivity index (χ2n) is 7.23. The molecule has 3 rings (SSSR count). The molecule has 2 aromatic carbocycles. The van der Waals surface area contributed by atoms with Crippen LogP contribution in [0.2, 0.25) is 0 Å². The van der Waals surface area contributed by atoms with E-state index >= 15 is 0 Å². The van der Waals surface area contributed by atoms with Crippen LogP contribution in [0.5, 0.6) is 0 Å². The number of thioether (sulfide) groups is 1. The SMILES string of the molecule is Cc1ccc(NC(=O)c2ccccc2SCC(=O)N2CCCC2)cc1NS(C)(=O)=O. The van der Waals surface area contributed by atoms with Crippen molar-refractivity contribution in [1.29, 1.82) is 0 Å². The van der Waals surface area contributed by atoms with Crippen LogP contribution in [0.15, 0.2) is 47.4 Å². The molecule has 0 spiro atoms. The van der Waals surface area contributed by atoms with Gasteiger partial charge < -0.3 is 10.2 Å². The van der Waals surface area contributed by atoms with Gasteiger partial charge in [0.05, 0.1) is 23.3 Å². The molecular formula is C21H25N3O4S2. The number of aryl methyl sites for hydroxylation is 1. The zero-order chi connectivity index (χ0) is 21.7. The summed E-state index contributed by atoms with van der Waals surface area (Å²) in [7, 11) is -3.43. The minimum absolute atomic E-state index is 0.0859.